The molecule has 0 heterocycles. The molecule has 3 rings (SSSR count). The SMILES string of the molecule is O.O[NH2+]c1ccccc1Sc1ccc2ccccc2c1. The van der Waals surface area contributed by atoms with Crippen molar-refractivity contribution in [3.8, 4) is 0 Å². The van der Waals surface area contributed by atoms with Gasteiger partial charge >= 0.3 is 0 Å². The number of benzene rings is 3. The van der Waals surface area contributed by atoms with Crippen molar-refractivity contribution in [2.75, 3.05) is 0 Å². The number of nitrogens with two attached hydrogens (primary N) is 1. The maximum Gasteiger partial charge on any atom is 0.175 e. The van der Waals surface area contributed by atoms with Crippen molar-refractivity contribution in [3.63, 3.8) is 0 Å². The van der Waals surface area contributed by atoms with Crippen LogP contribution in [0.15, 0.2) is 76.5 Å². The van der Waals surface area contributed by atoms with Crippen LogP contribution in [-0.4, -0.2) is 10.7 Å². The molecule has 0 saturated carbocycles. The lowest BCUT2D eigenvalue weighted by Crippen LogP contribution is -2.74. The van der Waals surface area contributed by atoms with Gasteiger partial charge in [-0.05, 0) is 29.0 Å². The van der Waals surface area contributed by atoms with Crippen LogP contribution in [0.5, 0.6) is 0 Å². The molecule has 5 N–H and O–H groups in total. The van der Waals surface area contributed by atoms with Crippen LogP contribution in [0.25, 0.3) is 10.8 Å². The first-order valence-electron chi connectivity index (χ1n) is 6.10. The minimum Gasteiger partial charge on any atom is -0.412 e. The Labute approximate surface area is 121 Å². The molecule has 0 unspecified atom stereocenters. The second-order valence-corrected chi connectivity index (χ2v) is 5.39. The Morgan fingerprint density at radius 3 is 2.30 bits per heavy atom. The molecule has 3 aromatic carbocycles. The van der Waals surface area contributed by atoms with E-state index in [1.54, 1.807) is 11.8 Å². The van der Waals surface area contributed by atoms with Crippen molar-refractivity contribution >= 4 is 28.2 Å². The smallest absolute Gasteiger partial charge is 0.175 e. The normalized spacial score (nSPS) is 10.2. The van der Waals surface area contributed by atoms with E-state index in [0.29, 0.717) is 0 Å². The van der Waals surface area contributed by atoms with E-state index in [2.05, 4.69) is 30.3 Å². The van der Waals surface area contributed by atoms with Gasteiger partial charge in [0.1, 0.15) is 0 Å². The molecule has 0 amide bonds. The van der Waals surface area contributed by atoms with Gasteiger partial charge in [-0.15, -0.1) is 0 Å². The Hall–Kier alpha value is -1.85. The lowest BCUT2D eigenvalue weighted by molar-refractivity contribution is -0.827. The molecule has 3 aromatic rings. The summed E-state index contributed by atoms with van der Waals surface area (Å²) in [5, 5.41) is 11.7. The maximum atomic E-state index is 9.23. The lowest BCUT2D eigenvalue weighted by atomic mass is 10.1. The zero-order valence-corrected chi connectivity index (χ0v) is 11.6. The minimum atomic E-state index is 0. The highest BCUT2D eigenvalue weighted by Crippen LogP contribution is 2.32. The van der Waals surface area contributed by atoms with Crippen LogP contribution >= 0.6 is 11.8 Å². The summed E-state index contributed by atoms with van der Waals surface area (Å²) in [7, 11) is 0. The molecular weight excluding hydrogens is 270 g/mol. The van der Waals surface area contributed by atoms with Gasteiger partial charge in [0.15, 0.2) is 5.69 Å². The molecule has 0 radical (unpaired) electrons. The molecule has 20 heavy (non-hydrogen) atoms. The van der Waals surface area contributed by atoms with Crippen LogP contribution < -0.4 is 5.48 Å². The molecular formula is C16H16NO2S+. The average Bonchev–Trinajstić information content (AvgIpc) is 2.48. The lowest BCUT2D eigenvalue weighted by Gasteiger charge is -2.05. The van der Waals surface area contributed by atoms with E-state index in [9.17, 15) is 5.21 Å². The molecule has 0 aliphatic heterocycles. The number of para-hydroxylation sites is 1. The number of hydrogen-bond donors (Lipinski definition) is 2. The summed E-state index contributed by atoms with van der Waals surface area (Å²) in [5.41, 5.74) is 2.00. The summed E-state index contributed by atoms with van der Waals surface area (Å²) in [5.74, 6) is 0. The van der Waals surface area contributed by atoms with E-state index in [-0.39, 0.29) is 5.48 Å². The quantitative estimate of drug-likeness (QED) is 0.574. The molecule has 0 aromatic heterocycles. The topological polar surface area (TPSA) is 68.3 Å². The van der Waals surface area contributed by atoms with Crippen LogP contribution in [-0.2, 0) is 0 Å². The van der Waals surface area contributed by atoms with E-state index in [1.165, 1.54) is 15.7 Å². The molecule has 102 valence electrons. The number of rotatable bonds is 3. The van der Waals surface area contributed by atoms with Crippen LogP contribution in [0.3, 0.4) is 0 Å². The Morgan fingerprint density at radius 2 is 1.50 bits per heavy atom. The monoisotopic (exact) mass is 286 g/mol. The Kier molecular flexibility index (Phi) is 4.76. The van der Waals surface area contributed by atoms with E-state index in [0.717, 1.165) is 16.1 Å². The highest BCUT2D eigenvalue weighted by Gasteiger charge is 2.06. The summed E-state index contributed by atoms with van der Waals surface area (Å²) in [6.07, 6.45) is 0. The summed E-state index contributed by atoms with van der Waals surface area (Å²) >= 11 is 1.66. The second kappa shape index (κ2) is 6.54. The largest absolute Gasteiger partial charge is 0.412 e. The second-order valence-electron chi connectivity index (χ2n) is 4.28. The summed E-state index contributed by atoms with van der Waals surface area (Å²) in [6, 6.07) is 22.6. The van der Waals surface area contributed by atoms with Crippen molar-refractivity contribution < 1.29 is 16.2 Å². The predicted octanol–water partition coefficient (Wildman–Crippen LogP) is 2.75. The van der Waals surface area contributed by atoms with E-state index >= 15 is 0 Å². The highest BCUT2D eigenvalue weighted by molar-refractivity contribution is 7.99. The van der Waals surface area contributed by atoms with Crippen LogP contribution in [0.2, 0.25) is 0 Å². The Bertz CT molecular complexity index is 715. The van der Waals surface area contributed by atoms with Gasteiger partial charge in [0.25, 0.3) is 0 Å². The summed E-state index contributed by atoms with van der Waals surface area (Å²) in [4.78, 5) is 2.23. The first-order chi connectivity index (χ1) is 9.36. The van der Waals surface area contributed by atoms with Gasteiger partial charge in [0.2, 0.25) is 0 Å². The summed E-state index contributed by atoms with van der Waals surface area (Å²) in [6.45, 7) is 0. The van der Waals surface area contributed by atoms with Gasteiger partial charge < -0.3 is 5.48 Å². The molecule has 4 heteroatoms. The van der Waals surface area contributed by atoms with E-state index in [4.69, 9.17) is 0 Å². The molecule has 3 nitrogen and oxygen atoms in total. The Morgan fingerprint density at radius 1 is 0.800 bits per heavy atom. The Balaban J connectivity index is 0.00000147. The molecule has 0 aliphatic rings. The van der Waals surface area contributed by atoms with Crippen LogP contribution in [0.4, 0.5) is 5.69 Å². The fourth-order valence-corrected chi connectivity index (χ4v) is 3.00. The third kappa shape index (κ3) is 3.00. The van der Waals surface area contributed by atoms with Gasteiger partial charge in [0, 0.05) is 11.0 Å². The van der Waals surface area contributed by atoms with Crippen molar-refractivity contribution in [1.82, 2.24) is 0 Å². The number of fused-ring (bicyclic) bond motifs is 1. The van der Waals surface area contributed by atoms with E-state index in [1.807, 2.05) is 36.4 Å². The fraction of sp³-hybridized carbons (Fsp3) is 0. The minimum absolute atomic E-state index is 0. The number of quaternary nitrogens is 1. The van der Waals surface area contributed by atoms with Gasteiger partial charge in [0.05, 0.1) is 4.90 Å². The standard InChI is InChI=1S/C16H13NOS.H2O/c18-17-15-7-3-4-8-16(15)19-14-10-9-12-5-1-2-6-13(12)11-14;/h1-11,17-18H;1H2/p+1. The van der Waals surface area contributed by atoms with Crippen molar-refractivity contribution in [2.24, 2.45) is 0 Å². The van der Waals surface area contributed by atoms with Gasteiger partial charge in [-0.3, -0.25) is 0 Å². The van der Waals surface area contributed by atoms with Crippen molar-refractivity contribution in [3.05, 3.63) is 66.7 Å². The van der Waals surface area contributed by atoms with Gasteiger partial charge in [-0.1, -0.05) is 54.2 Å². The van der Waals surface area contributed by atoms with Crippen LogP contribution in [0.1, 0.15) is 0 Å². The predicted molar refractivity (Wildman–Crippen MR) is 81.5 cm³/mol. The first-order valence-corrected chi connectivity index (χ1v) is 6.91. The maximum absolute atomic E-state index is 9.23. The van der Waals surface area contributed by atoms with Gasteiger partial charge in [-0.25, -0.2) is 5.21 Å². The highest BCUT2D eigenvalue weighted by atomic mass is 32.2. The molecule has 0 bridgehead atoms. The molecule has 0 atom stereocenters. The van der Waals surface area contributed by atoms with Crippen molar-refractivity contribution in [1.29, 1.82) is 0 Å². The first kappa shape index (κ1) is 14.6. The van der Waals surface area contributed by atoms with E-state index < -0.39 is 0 Å². The van der Waals surface area contributed by atoms with Crippen molar-refractivity contribution in [2.45, 2.75) is 9.79 Å². The molecule has 0 saturated heterocycles. The average molecular weight is 286 g/mol. The molecule has 0 aliphatic carbocycles. The molecule has 0 fully saturated rings. The zero-order chi connectivity index (χ0) is 13.1. The fourth-order valence-electron chi connectivity index (χ4n) is 2.04. The number of hydrogen-bond acceptors (Lipinski definition) is 2. The third-order valence-electron chi connectivity index (χ3n) is 3.01. The zero-order valence-electron chi connectivity index (χ0n) is 10.8. The summed E-state index contributed by atoms with van der Waals surface area (Å²) < 4.78 is 0. The van der Waals surface area contributed by atoms with Gasteiger partial charge in [-0.2, -0.15) is 5.48 Å². The molecule has 0 spiro atoms. The third-order valence-corrected chi connectivity index (χ3v) is 4.09. The van der Waals surface area contributed by atoms with Crippen LogP contribution in [0, 0.1) is 0 Å².